The van der Waals surface area contributed by atoms with Crippen molar-refractivity contribution in [3.63, 3.8) is 0 Å². The third kappa shape index (κ3) is 4.15. The molecule has 142 valence electrons. The molecular formula is C22H28N4O. The van der Waals surface area contributed by atoms with Crippen LogP contribution < -0.4 is 10.1 Å². The van der Waals surface area contributed by atoms with Crippen LogP contribution in [0.5, 0.6) is 5.75 Å². The number of aromatic nitrogens is 2. The van der Waals surface area contributed by atoms with Crippen molar-refractivity contribution in [2.75, 3.05) is 26.7 Å². The van der Waals surface area contributed by atoms with E-state index in [0.29, 0.717) is 12.6 Å². The first-order chi connectivity index (χ1) is 13.2. The normalized spacial score (nSPS) is 17.3. The molecule has 0 radical (unpaired) electrons. The lowest BCUT2D eigenvalue weighted by Crippen LogP contribution is -2.42. The molecule has 27 heavy (non-hydrogen) atoms. The molecule has 0 saturated carbocycles. The quantitative estimate of drug-likeness (QED) is 0.700. The molecule has 0 amide bonds. The highest BCUT2D eigenvalue weighted by molar-refractivity contribution is 5.75. The molecule has 1 saturated heterocycles. The highest BCUT2D eigenvalue weighted by Crippen LogP contribution is 2.27. The molecule has 2 heterocycles. The molecule has 2 N–H and O–H groups in total. The monoisotopic (exact) mass is 364 g/mol. The van der Waals surface area contributed by atoms with E-state index in [0.717, 1.165) is 48.5 Å². The predicted octanol–water partition coefficient (Wildman–Crippen LogP) is 3.73. The van der Waals surface area contributed by atoms with Gasteiger partial charge >= 0.3 is 0 Å². The first kappa shape index (κ1) is 18.0. The van der Waals surface area contributed by atoms with Crippen LogP contribution in [0.25, 0.3) is 11.0 Å². The fourth-order valence-corrected chi connectivity index (χ4v) is 3.80. The second-order valence-corrected chi connectivity index (χ2v) is 7.32. The van der Waals surface area contributed by atoms with Crippen molar-refractivity contribution in [1.82, 2.24) is 20.2 Å². The van der Waals surface area contributed by atoms with Gasteiger partial charge in [-0.1, -0.05) is 24.3 Å². The molecule has 2 aromatic carbocycles. The summed E-state index contributed by atoms with van der Waals surface area (Å²) in [5.74, 6) is 1.87. The highest BCUT2D eigenvalue weighted by atomic mass is 16.5. The van der Waals surface area contributed by atoms with Crippen molar-refractivity contribution >= 4 is 11.0 Å². The number of hydrogen-bond donors (Lipinski definition) is 2. The zero-order valence-corrected chi connectivity index (χ0v) is 16.1. The second-order valence-electron chi connectivity index (χ2n) is 7.32. The van der Waals surface area contributed by atoms with Crippen molar-refractivity contribution in [1.29, 1.82) is 0 Å². The Bertz CT molecular complexity index is 850. The fourth-order valence-electron chi connectivity index (χ4n) is 3.80. The van der Waals surface area contributed by atoms with Gasteiger partial charge in [-0.05, 0) is 69.7 Å². The number of fused-ring (bicyclic) bond motifs is 1. The maximum atomic E-state index is 5.73. The van der Waals surface area contributed by atoms with Gasteiger partial charge in [-0.3, -0.25) is 0 Å². The number of nitrogens with zero attached hydrogens (tertiary/aromatic N) is 2. The van der Waals surface area contributed by atoms with Crippen LogP contribution in [0, 0.1) is 0 Å². The van der Waals surface area contributed by atoms with Gasteiger partial charge in [0.1, 0.15) is 11.6 Å². The van der Waals surface area contributed by atoms with Crippen LogP contribution in [-0.4, -0.2) is 47.7 Å². The molecule has 0 aliphatic carbocycles. The van der Waals surface area contributed by atoms with Gasteiger partial charge in [0.15, 0.2) is 0 Å². The summed E-state index contributed by atoms with van der Waals surface area (Å²) in [7, 11) is 2.19. The number of piperidine rings is 1. The minimum absolute atomic E-state index is 0.0196. The minimum Gasteiger partial charge on any atom is -0.494 e. The Hall–Kier alpha value is -2.37. The van der Waals surface area contributed by atoms with E-state index < -0.39 is 0 Å². The summed E-state index contributed by atoms with van der Waals surface area (Å²) >= 11 is 0. The standard InChI is InChI=1S/C22H28N4O/c1-3-27-18-8-6-7-16(15-18)21(23-17-11-13-26(2)14-12-17)22-24-19-9-4-5-10-20(19)25-22/h4-10,15,17,21,23H,3,11-14H2,1-2H3,(H,24,25). The molecule has 1 unspecified atom stereocenters. The molecule has 1 aliphatic rings. The Morgan fingerprint density at radius 2 is 2.00 bits per heavy atom. The van der Waals surface area contributed by atoms with E-state index in [-0.39, 0.29) is 6.04 Å². The number of para-hydroxylation sites is 2. The Balaban J connectivity index is 1.67. The molecular weight excluding hydrogens is 336 g/mol. The number of likely N-dealkylation sites (tertiary alicyclic amines) is 1. The summed E-state index contributed by atoms with van der Waals surface area (Å²) in [6.07, 6.45) is 2.30. The molecule has 0 bridgehead atoms. The summed E-state index contributed by atoms with van der Waals surface area (Å²) in [6.45, 7) is 4.94. The van der Waals surface area contributed by atoms with E-state index in [1.807, 2.05) is 25.1 Å². The van der Waals surface area contributed by atoms with E-state index in [2.05, 4.69) is 52.6 Å². The maximum Gasteiger partial charge on any atom is 0.129 e. The van der Waals surface area contributed by atoms with Crippen molar-refractivity contribution in [2.45, 2.75) is 31.8 Å². The van der Waals surface area contributed by atoms with Gasteiger partial charge < -0.3 is 19.9 Å². The Morgan fingerprint density at radius 3 is 2.78 bits per heavy atom. The fraction of sp³-hybridized carbons (Fsp3) is 0.409. The lowest BCUT2D eigenvalue weighted by atomic mass is 10.0. The van der Waals surface area contributed by atoms with Crippen molar-refractivity contribution in [2.24, 2.45) is 0 Å². The number of benzene rings is 2. The Morgan fingerprint density at radius 1 is 1.19 bits per heavy atom. The van der Waals surface area contributed by atoms with Gasteiger partial charge in [-0.25, -0.2) is 4.98 Å². The van der Waals surface area contributed by atoms with Gasteiger partial charge in [0, 0.05) is 6.04 Å². The maximum absolute atomic E-state index is 5.73. The van der Waals surface area contributed by atoms with E-state index in [1.165, 1.54) is 5.56 Å². The average molecular weight is 364 g/mol. The lowest BCUT2D eigenvalue weighted by molar-refractivity contribution is 0.228. The molecule has 0 spiro atoms. The van der Waals surface area contributed by atoms with Crippen molar-refractivity contribution in [3.8, 4) is 5.75 Å². The lowest BCUT2D eigenvalue weighted by Gasteiger charge is -2.32. The first-order valence-corrected chi connectivity index (χ1v) is 9.85. The third-order valence-electron chi connectivity index (χ3n) is 5.30. The first-order valence-electron chi connectivity index (χ1n) is 9.85. The summed E-state index contributed by atoms with van der Waals surface area (Å²) < 4.78 is 5.73. The van der Waals surface area contributed by atoms with Crippen molar-refractivity contribution < 1.29 is 4.74 Å². The summed E-state index contributed by atoms with van der Waals surface area (Å²) in [5, 5.41) is 3.86. The topological polar surface area (TPSA) is 53.2 Å². The van der Waals surface area contributed by atoms with Crippen LogP contribution in [0.4, 0.5) is 0 Å². The molecule has 1 aromatic heterocycles. The van der Waals surface area contributed by atoms with Crippen LogP contribution >= 0.6 is 0 Å². The number of nitrogens with one attached hydrogen (secondary N) is 2. The van der Waals surface area contributed by atoms with Gasteiger partial charge in [-0.15, -0.1) is 0 Å². The van der Waals surface area contributed by atoms with Crippen LogP contribution in [0.1, 0.15) is 37.2 Å². The van der Waals surface area contributed by atoms with Crippen LogP contribution in [0.3, 0.4) is 0 Å². The number of H-pyrrole nitrogens is 1. The third-order valence-corrected chi connectivity index (χ3v) is 5.30. The minimum atomic E-state index is 0.0196. The Kier molecular flexibility index (Phi) is 5.41. The number of hydrogen-bond acceptors (Lipinski definition) is 4. The number of ether oxygens (including phenoxy) is 1. The summed E-state index contributed by atoms with van der Waals surface area (Å²) in [5.41, 5.74) is 3.26. The highest BCUT2D eigenvalue weighted by Gasteiger charge is 2.24. The molecule has 5 heteroatoms. The molecule has 1 atom stereocenters. The molecule has 1 aliphatic heterocycles. The molecule has 5 nitrogen and oxygen atoms in total. The van der Waals surface area contributed by atoms with Gasteiger partial charge in [0.05, 0.1) is 23.7 Å². The van der Waals surface area contributed by atoms with E-state index in [4.69, 9.17) is 9.72 Å². The van der Waals surface area contributed by atoms with E-state index in [1.54, 1.807) is 0 Å². The smallest absolute Gasteiger partial charge is 0.129 e. The molecule has 3 aromatic rings. The van der Waals surface area contributed by atoms with Gasteiger partial charge in [-0.2, -0.15) is 0 Å². The molecule has 1 fully saturated rings. The number of aromatic amines is 1. The van der Waals surface area contributed by atoms with Crippen molar-refractivity contribution in [3.05, 3.63) is 59.9 Å². The zero-order chi connectivity index (χ0) is 18.6. The SMILES string of the molecule is CCOc1cccc(C(NC2CCN(C)CC2)c2nc3ccccc3[nH]2)c1. The number of rotatable bonds is 6. The predicted molar refractivity (Wildman–Crippen MR) is 109 cm³/mol. The largest absolute Gasteiger partial charge is 0.494 e. The van der Waals surface area contributed by atoms with E-state index in [9.17, 15) is 0 Å². The zero-order valence-electron chi connectivity index (χ0n) is 16.1. The number of imidazole rings is 1. The van der Waals surface area contributed by atoms with Gasteiger partial charge in [0.25, 0.3) is 0 Å². The van der Waals surface area contributed by atoms with Gasteiger partial charge in [0.2, 0.25) is 0 Å². The summed E-state index contributed by atoms with van der Waals surface area (Å²) in [6, 6.07) is 17.1. The Labute approximate surface area is 160 Å². The second kappa shape index (κ2) is 8.11. The van der Waals surface area contributed by atoms with Crippen LogP contribution in [0.15, 0.2) is 48.5 Å². The van der Waals surface area contributed by atoms with Crippen LogP contribution in [-0.2, 0) is 0 Å². The molecule has 4 rings (SSSR count). The van der Waals surface area contributed by atoms with E-state index >= 15 is 0 Å². The average Bonchev–Trinajstić information content (AvgIpc) is 3.12. The van der Waals surface area contributed by atoms with Crippen LogP contribution in [0.2, 0.25) is 0 Å². The summed E-state index contributed by atoms with van der Waals surface area (Å²) in [4.78, 5) is 10.8.